The molecular formula is C19H22FNO4. The number of carbonyl (C=O) groups excluding carboxylic acids is 1. The van der Waals surface area contributed by atoms with Crippen LogP contribution in [0.1, 0.15) is 12.0 Å². The number of ether oxygens (including phenoxy) is 3. The van der Waals surface area contributed by atoms with Crippen LogP contribution in [0.2, 0.25) is 0 Å². The predicted octanol–water partition coefficient (Wildman–Crippen LogP) is 3.43. The second kappa shape index (κ2) is 9.64. The third-order valence-corrected chi connectivity index (χ3v) is 3.54. The van der Waals surface area contributed by atoms with Crippen molar-refractivity contribution in [3.8, 4) is 11.5 Å². The molecule has 0 atom stereocenters. The molecule has 0 aliphatic rings. The number of carbonyl (C=O) groups is 1. The lowest BCUT2D eigenvalue weighted by atomic mass is 10.1. The molecule has 0 saturated carbocycles. The Morgan fingerprint density at radius 1 is 1.12 bits per heavy atom. The number of hydrogen-bond donors (Lipinski definition) is 1. The van der Waals surface area contributed by atoms with Crippen LogP contribution < -0.4 is 14.8 Å². The largest absolute Gasteiger partial charge is 0.497 e. The third kappa shape index (κ3) is 6.08. The van der Waals surface area contributed by atoms with Crippen LogP contribution in [0.4, 0.5) is 10.1 Å². The summed E-state index contributed by atoms with van der Waals surface area (Å²) in [6.07, 6.45) is 0.819. The van der Waals surface area contributed by atoms with E-state index in [1.807, 2.05) is 24.3 Å². The van der Waals surface area contributed by atoms with Crippen molar-refractivity contribution in [1.82, 2.24) is 0 Å². The van der Waals surface area contributed by atoms with E-state index in [1.54, 1.807) is 14.2 Å². The average molecular weight is 347 g/mol. The molecule has 0 fully saturated rings. The standard InChI is InChI=1S/C19H22FNO4/c1-23-10-11-25-18-8-7-15(20)13-17(18)21-19(22)9-6-14-4-3-5-16(12-14)24-2/h3-5,7-8,12-13H,6,9-11H2,1-2H3,(H,21,22). The Bertz CT molecular complexity index is 706. The molecule has 1 amide bonds. The number of aryl methyl sites for hydroxylation is 1. The Morgan fingerprint density at radius 2 is 1.96 bits per heavy atom. The summed E-state index contributed by atoms with van der Waals surface area (Å²) in [5.74, 6) is 0.497. The first kappa shape index (κ1) is 18.7. The van der Waals surface area contributed by atoms with E-state index in [0.29, 0.717) is 31.1 Å². The van der Waals surface area contributed by atoms with Crippen molar-refractivity contribution < 1.29 is 23.4 Å². The Hall–Kier alpha value is -2.60. The normalized spacial score (nSPS) is 10.4. The molecule has 0 aliphatic carbocycles. The highest BCUT2D eigenvalue weighted by Crippen LogP contribution is 2.25. The van der Waals surface area contributed by atoms with Crippen LogP contribution in [0, 0.1) is 5.82 Å². The zero-order chi connectivity index (χ0) is 18.1. The number of rotatable bonds is 9. The first-order valence-electron chi connectivity index (χ1n) is 7.96. The van der Waals surface area contributed by atoms with Gasteiger partial charge in [0.2, 0.25) is 5.91 Å². The van der Waals surface area contributed by atoms with Gasteiger partial charge in [-0.05, 0) is 36.2 Å². The van der Waals surface area contributed by atoms with Crippen LogP contribution in [0.15, 0.2) is 42.5 Å². The summed E-state index contributed by atoms with van der Waals surface area (Å²) in [5.41, 5.74) is 1.30. The van der Waals surface area contributed by atoms with Gasteiger partial charge in [-0.1, -0.05) is 12.1 Å². The smallest absolute Gasteiger partial charge is 0.224 e. The lowest BCUT2D eigenvalue weighted by Gasteiger charge is -2.12. The van der Waals surface area contributed by atoms with Gasteiger partial charge in [0.25, 0.3) is 0 Å². The quantitative estimate of drug-likeness (QED) is 0.706. The molecule has 0 bridgehead atoms. The second-order valence-corrected chi connectivity index (χ2v) is 5.38. The summed E-state index contributed by atoms with van der Waals surface area (Å²) in [6.45, 7) is 0.718. The molecule has 0 spiro atoms. The number of anilines is 1. The van der Waals surface area contributed by atoms with Crippen molar-refractivity contribution in [3.63, 3.8) is 0 Å². The van der Waals surface area contributed by atoms with Crippen molar-refractivity contribution in [2.75, 3.05) is 32.8 Å². The molecule has 0 aliphatic heterocycles. The highest BCUT2D eigenvalue weighted by molar-refractivity contribution is 5.92. The number of halogens is 1. The maximum atomic E-state index is 13.5. The summed E-state index contributed by atoms with van der Waals surface area (Å²) in [4.78, 5) is 12.2. The maximum absolute atomic E-state index is 13.5. The van der Waals surface area contributed by atoms with Gasteiger partial charge in [0, 0.05) is 19.6 Å². The topological polar surface area (TPSA) is 56.8 Å². The van der Waals surface area contributed by atoms with Crippen LogP contribution in [0.25, 0.3) is 0 Å². The van der Waals surface area contributed by atoms with E-state index >= 15 is 0 Å². The molecule has 25 heavy (non-hydrogen) atoms. The summed E-state index contributed by atoms with van der Waals surface area (Å²) < 4.78 is 29.1. The van der Waals surface area contributed by atoms with Gasteiger partial charge in [0.05, 0.1) is 19.4 Å². The number of benzene rings is 2. The van der Waals surface area contributed by atoms with Gasteiger partial charge in [-0.25, -0.2) is 4.39 Å². The molecule has 2 rings (SSSR count). The Balaban J connectivity index is 1.95. The van der Waals surface area contributed by atoms with Crippen LogP contribution in [0.5, 0.6) is 11.5 Å². The van der Waals surface area contributed by atoms with Gasteiger partial charge in [-0.15, -0.1) is 0 Å². The Morgan fingerprint density at radius 3 is 2.72 bits per heavy atom. The number of amides is 1. The summed E-state index contributed by atoms with van der Waals surface area (Å²) in [5, 5.41) is 2.70. The van der Waals surface area contributed by atoms with Gasteiger partial charge in [-0.3, -0.25) is 4.79 Å². The van der Waals surface area contributed by atoms with Gasteiger partial charge in [0.1, 0.15) is 23.9 Å². The van der Waals surface area contributed by atoms with E-state index in [1.165, 1.54) is 18.2 Å². The zero-order valence-electron chi connectivity index (χ0n) is 14.4. The molecule has 0 heterocycles. The van der Waals surface area contributed by atoms with Crippen LogP contribution in [-0.4, -0.2) is 33.3 Å². The molecule has 0 unspecified atom stereocenters. The molecule has 2 aromatic rings. The Labute approximate surface area is 146 Å². The first-order chi connectivity index (χ1) is 12.1. The molecule has 0 radical (unpaired) electrons. The molecule has 0 aromatic heterocycles. The molecule has 5 nitrogen and oxygen atoms in total. The van der Waals surface area contributed by atoms with Crippen molar-refractivity contribution >= 4 is 11.6 Å². The van der Waals surface area contributed by atoms with Crippen LogP contribution in [-0.2, 0) is 16.0 Å². The fourth-order valence-corrected chi connectivity index (χ4v) is 2.26. The van der Waals surface area contributed by atoms with E-state index in [0.717, 1.165) is 11.3 Å². The van der Waals surface area contributed by atoms with E-state index in [9.17, 15) is 9.18 Å². The first-order valence-corrected chi connectivity index (χ1v) is 7.96. The van der Waals surface area contributed by atoms with E-state index in [4.69, 9.17) is 14.2 Å². The average Bonchev–Trinajstić information content (AvgIpc) is 2.62. The minimum absolute atomic E-state index is 0.218. The minimum atomic E-state index is -0.442. The molecule has 134 valence electrons. The molecule has 6 heteroatoms. The summed E-state index contributed by atoms with van der Waals surface area (Å²) >= 11 is 0. The molecular weight excluding hydrogens is 325 g/mol. The van der Waals surface area contributed by atoms with E-state index < -0.39 is 5.82 Å². The second-order valence-electron chi connectivity index (χ2n) is 5.38. The monoisotopic (exact) mass is 347 g/mol. The van der Waals surface area contributed by atoms with E-state index in [2.05, 4.69) is 5.32 Å². The maximum Gasteiger partial charge on any atom is 0.224 e. The third-order valence-electron chi connectivity index (χ3n) is 3.54. The van der Waals surface area contributed by atoms with Crippen LogP contribution in [0.3, 0.4) is 0 Å². The van der Waals surface area contributed by atoms with Crippen molar-refractivity contribution in [2.24, 2.45) is 0 Å². The fourth-order valence-electron chi connectivity index (χ4n) is 2.26. The fraction of sp³-hybridized carbons (Fsp3) is 0.316. The number of hydrogen-bond acceptors (Lipinski definition) is 4. The van der Waals surface area contributed by atoms with Gasteiger partial charge in [0.15, 0.2) is 0 Å². The molecule has 2 aromatic carbocycles. The van der Waals surface area contributed by atoms with Crippen LogP contribution >= 0.6 is 0 Å². The summed E-state index contributed by atoms with van der Waals surface area (Å²) in [6, 6.07) is 11.6. The van der Waals surface area contributed by atoms with Gasteiger partial charge >= 0.3 is 0 Å². The molecule has 1 N–H and O–H groups in total. The predicted molar refractivity (Wildman–Crippen MR) is 93.7 cm³/mol. The van der Waals surface area contributed by atoms with Gasteiger partial charge < -0.3 is 19.5 Å². The van der Waals surface area contributed by atoms with Gasteiger partial charge in [-0.2, -0.15) is 0 Å². The van der Waals surface area contributed by atoms with Crippen molar-refractivity contribution in [3.05, 3.63) is 53.8 Å². The zero-order valence-corrected chi connectivity index (χ0v) is 14.4. The molecule has 0 saturated heterocycles. The highest BCUT2D eigenvalue weighted by atomic mass is 19.1. The van der Waals surface area contributed by atoms with Crippen molar-refractivity contribution in [1.29, 1.82) is 0 Å². The summed E-state index contributed by atoms with van der Waals surface area (Å²) in [7, 11) is 3.16. The highest BCUT2D eigenvalue weighted by Gasteiger charge is 2.10. The minimum Gasteiger partial charge on any atom is -0.497 e. The van der Waals surface area contributed by atoms with Crippen molar-refractivity contribution in [2.45, 2.75) is 12.8 Å². The Kier molecular flexibility index (Phi) is 7.22. The number of nitrogens with one attached hydrogen (secondary N) is 1. The lowest BCUT2D eigenvalue weighted by Crippen LogP contribution is -2.14. The SMILES string of the molecule is COCCOc1ccc(F)cc1NC(=O)CCc1cccc(OC)c1. The lowest BCUT2D eigenvalue weighted by molar-refractivity contribution is -0.116. The van der Waals surface area contributed by atoms with E-state index in [-0.39, 0.29) is 12.3 Å². The number of methoxy groups -OCH3 is 2.